The summed E-state index contributed by atoms with van der Waals surface area (Å²) in [6.45, 7) is 2.49. The number of carbonyl (C=O) groups excluding carboxylic acids is 1. The Labute approximate surface area is 129 Å². The van der Waals surface area contributed by atoms with Gasteiger partial charge in [0.2, 0.25) is 0 Å². The number of piperidine rings is 1. The Bertz CT molecular complexity index is 570. The van der Waals surface area contributed by atoms with Gasteiger partial charge in [-0.3, -0.25) is 9.78 Å². The van der Waals surface area contributed by atoms with Gasteiger partial charge in [-0.05, 0) is 44.2 Å². The Morgan fingerprint density at radius 1 is 1.14 bits per heavy atom. The highest BCUT2D eigenvalue weighted by atomic mass is 16.4. The lowest BCUT2D eigenvalue weighted by Gasteiger charge is -2.32. The predicted molar refractivity (Wildman–Crippen MR) is 82.0 cm³/mol. The average Bonchev–Trinajstić information content (AvgIpc) is 3.09. The standard InChI is InChI=1S/C16H21N3O3/c20-15(19-10-2-1-5-14(19)16(21)22)13-11-12(6-7-17-13)18-8-3-4-9-18/h6-7,11,14H,1-5,8-10H2,(H,21,22). The second kappa shape index (κ2) is 6.34. The summed E-state index contributed by atoms with van der Waals surface area (Å²) in [4.78, 5) is 31.9. The lowest BCUT2D eigenvalue weighted by atomic mass is 10.0. The van der Waals surface area contributed by atoms with E-state index in [0.29, 0.717) is 18.7 Å². The number of amides is 1. The number of hydrogen-bond acceptors (Lipinski definition) is 4. The summed E-state index contributed by atoms with van der Waals surface area (Å²) in [5.41, 5.74) is 1.34. The van der Waals surface area contributed by atoms with Crippen molar-refractivity contribution in [1.29, 1.82) is 0 Å². The number of anilines is 1. The predicted octanol–water partition coefficient (Wildman–Crippen LogP) is 1.76. The fourth-order valence-electron chi connectivity index (χ4n) is 3.29. The molecule has 0 bridgehead atoms. The molecular formula is C16H21N3O3. The number of carboxylic acid groups (broad SMARTS) is 1. The van der Waals surface area contributed by atoms with Crippen LogP contribution in [0.1, 0.15) is 42.6 Å². The minimum Gasteiger partial charge on any atom is -0.480 e. The summed E-state index contributed by atoms with van der Waals surface area (Å²) in [5, 5.41) is 9.31. The zero-order valence-electron chi connectivity index (χ0n) is 12.6. The molecule has 0 spiro atoms. The fourth-order valence-corrected chi connectivity index (χ4v) is 3.29. The second-order valence-corrected chi connectivity index (χ2v) is 5.94. The van der Waals surface area contributed by atoms with E-state index in [4.69, 9.17) is 0 Å². The lowest BCUT2D eigenvalue weighted by molar-refractivity contribution is -0.143. The first-order valence-electron chi connectivity index (χ1n) is 7.91. The van der Waals surface area contributed by atoms with E-state index in [1.165, 1.54) is 17.7 Å². The highest BCUT2D eigenvalue weighted by Gasteiger charge is 2.33. The third kappa shape index (κ3) is 2.91. The van der Waals surface area contributed by atoms with Crippen LogP contribution in [0.25, 0.3) is 0 Å². The van der Waals surface area contributed by atoms with E-state index in [9.17, 15) is 14.7 Å². The number of carbonyl (C=O) groups is 2. The molecule has 1 aromatic heterocycles. The summed E-state index contributed by atoms with van der Waals surface area (Å²) < 4.78 is 0. The van der Waals surface area contributed by atoms with Crippen molar-refractivity contribution in [2.24, 2.45) is 0 Å². The Kier molecular flexibility index (Phi) is 4.27. The van der Waals surface area contributed by atoms with Crippen molar-refractivity contribution in [3.05, 3.63) is 24.0 Å². The molecular weight excluding hydrogens is 282 g/mol. The molecule has 1 atom stereocenters. The van der Waals surface area contributed by atoms with Crippen molar-refractivity contribution in [2.75, 3.05) is 24.5 Å². The first-order valence-corrected chi connectivity index (χ1v) is 7.91. The third-order valence-electron chi connectivity index (χ3n) is 4.48. The van der Waals surface area contributed by atoms with Gasteiger partial charge in [-0.25, -0.2) is 4.79 Å². The number of pyridine rings is 1. The van der Waals surface area contributed by atoms with Crippen LogP contribution in [0, 0.1) is 0 Å². The number of aromatic nitrogens is 1. The number of nitrogens with zero attached hydrogens (tertiary/aromatic N) is 3. The van der Waals surface area contributed by atoms with Crippen LogP contribution in [-0.2, 0) is 4.79 Å². The van der Waals surface area contributed by atoms with Gasteiger partial charge in [0.15, 0.2) is 0 Å². The fraction of sp³-hybridized carbons (Fsp3) is 0.562. The molecule has 1 amide bonds. The van der Waals surface area contributed by atoms with Gasteiger partial charge in [0.05, 0.1) is 0 Å². The van der Waals surface area contributed by atoms with Gasteiger partial charge < -0.3 is 14.9 Å². The quantitative estimate of drug-likeness (QED) is 0.921. The van der Waals surface area contributed by atoms with Gasteiger partial charge >= 0.3 is 5.97 Å². The van der Waals surface area contributed by atoms with Gasteiger partial charge in [-0.2, -0.15) is 0 Å². The molecule has 1 unspecified atom stereocenters. The molecule has 0 radical (unpaired) electrons. The maximum absolute atomic E-state index is 12.7. The molecule has 22 heavy (non-hydrogen) atoms. The molecule has 6 heteroatoms. The molecule has 3 rings (SSSR count). The molecule has 0 aromatic carbocycles. The van der Waals surface area contributed by atoms with Crippen molar-refractivity contribution in [3.8, 4) is 0 Å². The van der Waals surface area contributed by atoms with Crippen LogP contribution in [0.4, 0.5) is 5.69 Å². The molecule has 0 aliphatic carbocycles. The minimum absolute atomic E-state index is 0.270. The van der Waals surface area contributed by atoms with Crippen LogP contribution >= 0.6 is 0 Å². The van der Waals surface area contributed by atoms with Gasteiger partial charge in [-0.1, -0.05) is 0 Å². The molecule has 3 heterocycles. The van der Waals surface area contributed by atoms with E-state index in [-0.39, 0.29) is 5.91 Å². The molecule has 6 nitrogen and oxygen atoms in total. The first kappa shape index (κ1) is 14.8. The maximum Gasteiger partial charge on any atom is 0.326 e. The largest absolute Gasteiger partial charge is 0.480 e. The van der Waals surface area contributed by atoms with Crippen molar-refractivity contribution in [2.45, 2.75) is 38.1 Å². The minimum atomic E-state index is -0.927. The van der Waals surface area contributed by atoms with Crippen molar-refractivity contribution in [3.63, 3.8) is 0 Å². The lowest BCUT2D eigenvalue weighted by Crippen LogP contribution is -2.48. The second-order valence-electron chi connectivity index (χ2n) is 5.94. The van der Waals surface area contributed by atoms with Crippen LogP contribution in [0.15, 0.2) is 18.3 Å². The van der Waals surface area contributed by atoms with Crippen molar-refractivity contribution in [1.82, 2.24) is 9.88 Å². The average molecular weight is 303 g/mol. The zero-order chi connectivity index (χ0) is 15.5. The van der Waals surface area contributed by atoms with Crippen LogP contribution in [0.2, 0.25) is 0 Å². The normalized spacial score (nSPS) is 21.9. The smallest absolute Gasteiger partial charge is 0.326 e. The van der Waals surface area contributed by atoms with Crippen molar-refractivity contribution >= 4 is 17.6 Å². The van der Waals surface area contributed by atoms with Crippen LogP contribution in [0.3, 0.4) is 0 Å². The molecule has 2 aliphatic heterocycles. The molecule has 2 aliphatic rings. The molecule has 2 fully saturated rings. The van der Waals surface area contributed by atoms with Crippen molar-refractivity contribution < 1.29 is 14.7 Å². The SMILES string of the molecule is O=C(O)C1CCCCN1C(=O)c1cc(N2CCCC2)ccn1. The summed E-state index contributed by atoms with van der Waals surface area (Å²) in [5.74, 6) is -1.20. The molecule has 118 valence electrons. The highest BCUT2D eigenvalue weighted by Crippen LogP contribution is 2.23. The van der Waals surface area contributed by atoms with E-state index in [1.807, 2.05) is 6.07 Å². The van der Waals surface area contributed by atoms with Crippen LogP contribution < -0.4 is 4.90 Å². The molecule has 0 saturated carbocycles. The van der Waals surface area contributed by atoms with Gasteiger partial charge in [-0.15, -0.1) is 0 Å². The highest BCUT2D eigenvalue weighted by molar-refractivity contribution is 5.95. The monoisotopic (exact) mass is 303 g/mol. The summed E-state index contributed by atoms with van der Waals surface area (Å²) in [6.07, 6.45) is 6.19. The maximum atomic E-state index is 12.7. The molecule has 1 N–H and O–H groups in total. The summed E-state index contributed by atoms with van der Waals surface area (Å²) in [6, 6.07) is 2.98. The Hall–Kier alpha value is -2.11. The van der Waals surface area contributed by atoms with E-state index < -0.39 is 12.0 Å². The Morgan fingerprint density at radius 3 is 2.59 bits per heavy atom. The Morgan fingerprint density at radius 2 is 1.86 bits per heavy atom. The third-order valence-corrected chi connectivity index (χ3v) is 4.48. The topological polar surface area (TPSA) is 73.7 Å². The zero-order valence-corrected chi connectivity index (χ0v) is 12.6. The van der Waals surface area contributed by atoms with Gasteiger partial charge in [0.1, 0.15) is 11.7 Å². The van der Waals surface area contributed by atoms with E-state index >= 15 is 0 Å². The van der Waals surface area contributed by atoms with Crippen LogP contribution in [-0.4, -0.2) is 52.5 Å². The van der Waals surface area contributed by atoms with E-state index in [2.05, 4.69) is 9.88 Å². The van der Waals surface area contributed by atoms with Crippen LogP contribution in [0.5, 0.6) is 0 Å². The number of rotatable bonds is 3. The summed E-state index contributed by atoms with van der Waals surface area (Å²) in [7, 11) is 0. The van der Waals surface area contributed by atoms with Gasteiger partial charge in [0, 0.05) is 31.5 Å². The Balaban J connectivity index is 1.81. The first-order chi connectivity index (χ1) is 10.7. The number of hydrogen-bond donors (Lipinski definition) is 1. The molecule has 1 aromatic rings. The summed E-state index contributed by atoms with van der Waals surface area (Å²) >= 11 is 0. The van der Waals surface area contributed by atoms with E-state index in [1.54, 1.807) is 12.3 Å². The van der Waals surface area contributed by atoms with Gasteiger partial charge in [0.25, 0.3) is 5.91 Å². The number of aliphatic carboxylic acids is 1. The number of likely N-dealkylation sites (tertiary alicyclic amines) is 1. The molecule has 2 saturated heterocycles. The van der Waals surface area contributed by atoms with E-state index in [0.717, 1.165) is 31.6 Å². The number of carboxylic acids is 1.